The Balaban J connectivity index is 2.02. The highest BCUT2D eigenvalue weighted by Crippen LogP contribution is 2.23. The summed E-state index contributed by atoms with van der Waals surface area (Å²) in [6.45, 7) is 2.26. The van der Waals surface area contributed by atoms with Crippen molar-refractivity contribution in [1.29, 1.82) is 0 Å². The number of rotatable bonds is 5. The summed E-state index contributed by atoms with van der Waals surface area (Å²) >= 11 is 5.77. The molecule has 1 N–H and O–H groups in total. The van der Waals surface area contributed by atoms with Crippen LogP contribution < -0.4 is 0 Å². The van der Waals surface area contributed by atoms with E-state index in [0.29, 0.717) is 24.6 Å². The summed E-state index contributed by atoms with van der Waals surface area (Å²) in [5.41, 5.74) is 0.705. The van der Waals surface area contributed by atoms with Gasteiger partial charge in [0.1, 0.15) is 5.82 Å². The fraction of sp³-hybridized carbons (Fsp3) is 0.588. The smallest absolute Gasteiger partial charge is 0.227 e. The highest BCUT2D eigenvalue weighted by molar-refractivity contribution is 6.30. The Morgan fingerprint density at radius 1 is 1.39 bits per heavy atom. The predicted molar refractivity (Wildman–Crippen MR) is 88.9 cm³/mol. The number of carbonyl (C=O) groups excluding carboxylic acids is 1. The molecule has 0 bridgehead atoms. The molecule has 4 nitrogen and oxygen atoms in total. The van der Waals surface area contributed by atoms with E-state index in [-0.39, 0.29) is 29.9 Å². The maximum Gasteiger partial charge on any atom is 0.227 e. The Hall–Kier alpha value is -1.17. The zero-order chi connectivity index (χ0) is 17.0. The fourth-order valence-electron chi connectivity index (χ4n) is 3.24. The Labute approximate surface area is 141 Å². The number of benzene rings is 1. The van der Waals surface area contributed by atoms with Crippen LogP contribution in [-0.4, -0.2) is 61.2 Å². The number of halogens is 2. The molecule has 0 aliphatic carbocycles. The van der Waals surface area contributed by atoms with E-state index in [9.17, 15) is 14.3 Å². The summed E-state index contributed by atoms with van der Waals surface area (Å²) in [6.07, 6.45) is 1.13. The van der Waals surface area contributed by atoms with Crippen LogP contribution >= 0.6 is 11.6 Å². The maximum absolute atomic E-state index is 13.2. The molecule has 0 aromatic heterocycles. The normalized spacial score (nSPS) is 21.7. The van der Waals surface area contributed by atoms with E-state index in [1.165, 1.54) is 12.1 Å². The van der Waals surface area contributed by atoms with Gasteiger partial charge in [0.15, 0.2) is 0 Å². The van der Waals surface area contributed by atoms with Crippen molar-refractivity contribution in [3.8, 4) is 0 Å². The van der Waals surface area contributed by atoms with Gasteiger partial charge in [0.25, 0.3) is 0 Å². The van der Waals surface area contributed by atoms with Gasteiger partial charge >= 0.3 is 0 Å². The molecule has 1 aromatic rings. The number of aliphatic hydroxyl groups excluding tert-OH is 1. The molecule has 128 valence electrons. The van der Waals surface area contributed by atoms with Crippen molar-refractivity contribution in [2.75, 3.05) is 40.3 Å². The van der Waals surface area contributed by atoms with E-state index in [4.69, 9.17) is 11.6 Å². The maximum atomic E-state index is 13.2. The molecule has 1 aromatic carbocycles. The van der Waals surface area contributed by atoms with Gasteiger partial charge in [-0.15, -0.1) is 0 Å². The molecule has 1 fully saturated rings. The van der Waals surface area contributed by atoms with Gasteiger partial charge in [0, 0.05) is 26.2 Å². The van der Waals surface area contributed by atoms with E-state index >= 15 is 0 Å². The van der Waals surface area contributed by atoms with E-state index in [1.807, 2.05) is 19.0 Å². The topological polar surface area (TPSA) is 43.8 Å². The molecule has 2 atom stereocenters. The summed E-state index contributed by atoms with van der Waals surface area (Å²) in [5, 5.41) is 9.52. The Kier molecular flexibility index (Phi) is 6.39. The number of likely N-dealkylation sites (tertiary alicyclic amines) is 1. The van der Waals surface area contributed by atoms with Crippen molar-refractivity contribution in [1.82, 2.24) is 9.80 Å². The molecule has 0 unspecified atom stereocenters. The standard InChI is InChI=1S/C17H24ClFN2O2/c1-20(2)8-13-5-14(11-22)10-21(9-13)17(23)7-12-3-4-16(19)15(18)6-12/h3-4,6,13-14,22H,5,7-11H2,1-2H3/t13-,14+/m1/s1. The van der Waals surface area contributed by atoms with Gasteiger partial charge in [0.05, 0.1) is 11.4 Å². The molecule has 0 saturated carbocycles. The first-order valence-corrected chi connectivity index (χ1v) is 8.24. The van der Waals surface area contributed by atoms with Crippen molar-refractivity contribution in [2.45, 2.75) is 12.8 Å². The van der Waals surface area contributed by atoms with Crippen LogP contribution in [0.4, 0.5) is 4.39 Å². The third kappa shape index (κ3) is 5.16. The van der Waals surface area contributed by atoms with Gasteiger partial charge in [-0.1, -0.05) is 17.7 Å². The quantitative estimate of drug-likeness (QED) is 0.890. The molecule has 0 radical (unpaired) electrons. The van der Waals surface area contributed by atoms with Crippen molar-refractivity contribution in [3.63, 3.8) is 0 Å². The minimum Gasteiger partial charge on any atom is -0.396 e. The minimum atomic E-state index is -0.479. The average Bonchev–Trinajstić information content (AvgIpc) is 2.49. The number of hydrogen-bond acceptors (Lipinski definition) is 3. The SMILES string of the molecule is CN(C)C[C@H]1C[C@H](CO)CN(C(=O)Cc2ccc(F)c(Cl)c2)C1. The first-order chi connectivity index (χ1) is 10.9. The molecular weight excluding hydrogens is 319 g/mol. The summed E-state index contributed by atoms with van der Waals surface area (Å²) in [4.78, 5) is 16.5. The second-order valence-corrected chi connectivity index (χ2v) is 7.04. The van der Waals surface area contributed by atoms with E-state index in [1.54, 1.807) is 6.07 Å². The van der Waals surface area contributed by atoms with E-state index in [0.717, 1.165) is 13.0 Å². The predicted octanol–water partition coefficient (Wildman–Crippen LogP) is 2.04. The molecule has 2 rings (SSSR count). The summed E-state index contributed by atoms with van der Waals surface area (Å²) in [6, 6.07) is 4.37. The Morgan fingerprint density at radius 2 is 2.09 bits per heavy atom. The van der Waals surface area contributed by atoms with E-state index in [2.05, 4.69) is 4.90 Å². The number of carbonyl (C=O) groups is 1. The van der Waals surface area contributed by atoms with Crippen LogP contribution in [0.3, 0.4) is 0 Å². The summed E-state index contributed by atoms with van der Waals surface area (Å²) < 4.78 is 13.2. The third-order valence-electron chi connectivity index (χ3n) is 4.20. The highest BCUT2D eigenvalue weighted by atomic mass is 35.5. The van der Waals surface area contributed by atoms with Crippen LogP contribution in [-0.2, 0) is 11.2 Å². The third-order valence-corrected chi connectivity index (χ3v) is 4.49. The monoisotopic (exact) mass is 342 g/mol. The van der Waals surface area contributed by atoms with Gasteiger partial charge in [0.2, 0.25) is 5.91 Å². The molecule has 0 spiro atoms. The number of hydrogen-bond donors (Lipinski definition) is 1. The fourth-order valence-corrected chi connectivity index (χ4v) is 3.44. The summed E-state index contributed by atoms with van der Waals surface area (Å²) in [7, 11) is 4.02. The van der Waals surface area contributed by atoms with Crippen LogP contribution in [0.15, 0.2) is 18.2 Å². The Morgan fingerprint density at radius 3 is 2.70 bits per heavy atom. The minimum absolute atomic E-state index is 0.00502. The first-order valence-electron chi connectivity index (χ1n) is 7.86. The van der Waals surface area contributed by atoms with Crippen LogP contribution in [0.1, 0.15) is 12.0 Å². The van der Waals surface area contributed by atoms with Crippen LogP contribution in [0, 0.1) is 17.7 Å². The zero-order valence-electron chi connectivity index (χ0n) is 13.6. The van der Waals surface area contributed by atoms with Crippen molar-refractivity contribution < 1.29 is 14.3 Å². The number of nitrogens with zero attached hydrogens (tertiary/aromatic N) is 2. The molecular formula is C17H24ClFN2O2. The first kappa shape index (κ1) is 18.2. The lowest BCUT2D eigenvalue weighted by Crippen LogP contribution is -2.47. The molecule has 1 aliphatic rings. The number of aliphatic hydroxyl groups is 1. The molecule has 1 heterocycles. The van der Waals surface area contributed by atoms with Gasteiger partial charge < -0.3 is 14.9 Å². The average molecular weight is 343 g/mol. The highest BCUT2D eigenvalue weighted by Gasteiger charge is 2.29. The lowest BCUT2D eigenvalue weighted by molar-refractivity contribution is -0.133. The summed E-state index contributed by atoms with van der Waals surface area (Å²) in [5.74, 6) is -0.00655. The van der Waals surface area contributed by atoms with Crippen LogP contribution in [0.25, 0.3) is 0 Å². The number of amides is 1. The molecule has 1 aliphatic heterocycles. The Bertz CT molecular complexity index is 553. The molecule has 1 amide bonds. The molecule has 6 heteroatoms. The zero-order valence-corrected chi connectivity index (χ0v) is 14.4. The largest absolute Gasteiger partial charge is 0.396 e. The van der Waals surface area contributed by atoms with Gasteiger partial charge in [-0.3, -0.25) is 4.79 Å². The lowest BCUT2D eigenvalue weighted by atomic mass is 9.89. The van der Waals surface area contributed by atoms with Crippen molar-refractivity contribution in [3.05, 3.63) is 34.6 Å². The van der Waals surface area contributed by atoms with Crippen molar-refractivity contribution >= 4 is 17.5 Å². The van der Waals surface area contributed by atoms with E-state index < -0.39 is 5.82 Å². The second kappa shape index (κ2) is 8.08. The second-order valence-electron chi connectivity index (χ2n) is 6.64. The molecule has 23 heavy (non-hydrogen) atoms. The van der Waals surface area contributed by atoms with Gasteiger partial charge in [-0.05, 0) is 50.0 Å². The van der Waals surface area contributed by atoms with Gasteiger partial charge in [-0.25, -0.2) is 4.39 Å². The lowest BCUT2D eigenvalue weighted by Gasteiger charge is -2.38. The van der Waals surface area contributed by atoms with Gasteiger partial charge in [-0.2, -0.15) is 0 Å². The van der Waals surface area contributed by atoms with Crippen molar-refractivity contribution in [2.24, 2.45) is 11.8 Å². The molecule has 1 saturated heterocycles. The van der Waals surface area contributed by atoms with Crippen LogP contribution in [0.5, 0.6) is 0 Å². The van der Waals surface area contributed by atoms with Crippen LogP contribution in [0.2, 0.25) is 5.02 Å². The number of piperidine rings is 1.